The normalized spacial score (nSPS) is 20.0. The Bertz CT molecular complexity index is 1440. The van der Waals surface area contributed by atoms with Crippen LogP contribution >= 0.6 is 0 Å². The zero-order valence-electron chi connectivity index (χ0n) is 41.7. The fourth-order valence-electron chi connectivity index (χ4n) is 7.64. The van der Waals surface area contributed by atoms with Gasteiger partial charge in [-0.1, -0.05) is 183 Å². The summed E-state index contributed by atoms with van der Waals surface area (Å²) in [5.74, 6) is -0.415. The molecule has 12 nitrogen and oxygen atoms in total. The Balaban J connectivity index is 2.34. The van der Waals surface area contributed by atoms with E-state index in [1.165, 1.54) is 77.0 Å². The van der Waals surface area contributed by atoms with Gasteiger partial charge in [0.25, 0.3) is 0 Å². The molecule has 0 spiro atoms. The molecule has 1 fully saturated rings. The van der Waals surface area contributed by atoms with Gasteiger partial charge in [0.2, 0.25) is 0 Å². The summed E-state index contributed by atoms with van der Waals surface area (Å²) < 4.78 is 59.3. The van der Waals surface area contributed by atoms with Gasteiger partial charge in [-0.05, 0) is 83.5 Å². The average molecular weight is 967 g/mol. The highest BCUT2D eigenvalue weighted by molar-refractivity contribution is 7.80. The Kier molecular flexibility index (Phi) is 41.8. The lowest BCUT2D eigenvalue weighted by molar-refractivity contribution is -0.301. The van der Waals surface area contributed by atoms with Crippen LogP contribution in [0, 0.1) is 0 Å². The Morgan fingerprint density at radius 3 is 1.51 bits per heavy atom. The predicted octanol–water partition coefficient (Wildman–Crippen LogP) is 12.2. The van der Waals surface area contributed by atoms with Crippen LogP contribution in [0.5, 0.6) is 0 Å². The fraction of sp³-hybridized carbons (Fsp3) is 0.759. The molecule has 13 heteroatoms. The van der Waals surface area contributed by atoms with Crippen molar-refractivity contribution in [3.8, 4) is 0 Å². The molecular formula is C54H94O12S. The molecule has 67 heavy (non-hydrogen) atoms. The minimum absolute atomic E-state index is 0.0251. The van der Waals surface area contributed by atoms with Crippen molar-refractivity contribution < 1.29 is 56.2 Å². The molecule has 388 valence electrons. The Morgan fingerprint density at radius 1 is 0.582 bits per heavy atom. The second-order valence-corrected chi connectivity index (χ2v) is 18.8. The van der Waals surface area contributed by atoms with E-state index in [-0.39, 0.29) is 19.6 Å². The first-order valence-corrected chi connectivity index (χ1v) is 27.6. The summed E-state index contributed by atoms with van der Waals surface area (Å²) in [7, 11) is -5.07. The summed E-state index contributed by atoms with van der Waals surface area (Å²) in [6, 6.07) is 0. The zero-order chi connectivity index (χ0) is 48.9. The molecule has 4 N–H and O–H groups in total. The molecule has 6 unspecified atom stereocenters. The van der Waals surface area contributed by atoms with Crippen molar-refractivity contribution in [1.82, 2.24) is 0 Å². The van der Waals surface area contributed by atoms with Crippen LogP contribution in [0.3, 0.4) is 0 Å². The molecule has 6 atom stereocenters. The van der Waals surface area contributed by atoms with E-state index in [0.717, 1.165) is 96.3 Å². The number of esters is 1. The average Bonchev–Trinajstić information content (AvgIpc) is 3.30. The summed E-state index contributed by atoms with van der Waals surface area (Å²) in [6.07, 6.45) is 49.3. The van der Waals surface area contributed by atoms with E-state index in [4.69, 9.17) is 18.9 Å². The second kappa shape index (κ2) is 44.7. The predicted molar refractivity (Wildman–Crippen MR) is 271 cm³/mol. The van der Waals surface area contributed by atoms with Crippen LogP contribution in [0.4, 0.5) is 0 Å². The van der Waals surface area contributed by atoms with Gasteiger partial charge in [0, 0.05) is 13.0 Å². The topological polar surface area (TPSA) is 178 Å². The number of allylic oxidation sites excluding steroid dienone is 12. The molecule has 0 aromatic heterocycles. The maximum absolute atomic E-state index is 12.9. The van der Waals surface area contributed by atoms with Crippen molar-refractivity contribution in [3.05, 3.63) is 72.9 Å². The van der Waals surface area contributed by atoms with E-state index in [1.807, 2.05) is 0 Å². The third-order valence-electron chi connectivity index (χ3n) is 11.6. The number of carbonyl (C=O) groups excluding carboxylic acids is 1. The Morgan fingerprint density at radius 2 is 1.03 bits per heavy atom. The molecule has 0 aliphatic carbocycles. The third-order valence-corrected chi connectivity index (χ3v) is 12.0. The molecule has 1 saturated heterocycles. The van der Waals surface area contributed by atoms with Gasteiger partial charge in [-0.15, -0.1) is 0 Å². The maximum atomic E-state index is 12.9. The van der Waals surface area contributed by atoms with Crippen molar-refractivity contribution in [3.63, 3.8) is 0 Å². The smallest absolute Gasteiger partial charge is 0.397 e. The van der Waals surface area contributed by atoms with Gasteiger partial charge in [-0.25, -0.2) is 4.18 Å². The lowest BCUT2D eigenvalue weighted by atomic mass is 9.99. The van der Waals surface area contributed by atoms with E-state index in [0.29, 0.717) is 13.0 Å². The summed E-state index contributed by atoms with van der Waals surface area (Å²) in [6.45, 7) is 3.84. The highest BCUT2D eigenvalue weighted by Crippen LogP contribution is 2.26. The molecule has 1 heterocycles. The first-order chi connectivity index (χ1) is 32.6. The molecule has 1 rings (SSSR count). The van der Waals surface area contributed by atoms with Crippen molar-refractivity contribution in [2.24, 2.45) is 0 Å². The van der Waals surface area contributed by atoms with E-state index >= 15 is 0 Å². The van der Waals surface area contributed by atoms with Crippen molar-refractivity contribution in [2.45, 2.75) is 237 Å². The fourth-order valence-corrected chi connectivity index (χ4v) is 8.14. The van der Waals surface area contributed by atoms with Crippen molar-refractivity contribution in [2.75, 3.05) is 26.4 Å². The summed E-state index contributed by atoms with van der Waals surface area (Å²) in [5.41, 5.74) is 0. The number of aliphatic hydroxyl groups is 3. The minimum atomic E-state index is -5.07. The number of ether oxygens (including phenoxy) is 4. The molecule has 0 bridgehead atoms. The molecule has 0 radical (unpaired) electrons. The zero-order valence-corrected chi connectivity index (χ0v) is 42.5. The van der Waals surface area contributed by atoms with Gasteiger partial charge >= 0.3 is 16.4 Å². The largest absolute Gasteiger partial charge is 0.457 e. The lowest BCUT2D eigenvalue weighted by Gasteiger charge is -2.41. The van der Waals surface area contributed by atoms with Crippen LogP contribution in [0.1, 0.15) is 200 Å². The SMILES string of the molecule is CC/C=C\C/C=C\C/C=C\C/C=C\CCCCCCCCCCCCCOCC(COC1OC(CO)C(O)C(OS(=O)(=O)O)C1O)OC(=O)CCCCCCC/C=C\C/C=C\CCCCCC. The van der Waals surface area contributed by atoms with Crippen LogP contribution in [0.2, 0.25) is 0 Å². The summed E-state index contributed by atoms with van der Waals surface area (Å²) in [4.78, 5) is 12.9. The summed E-state index contributed by atoms with van der Waals surface area (Å²) >= 11 is 0. The molecule has 1 aliphatic rings. The van der Waals surface area contributed by atoms with E-state index in [9.17, 15) is 33.1 Å². The van der Waals surface area contributed by atoms with Crippen LogP contribution in [-0.4, -0.2) is 97.5 Å². The number of carbonyl (C=O) groups is 1. The van der Waals surface area contributed by atoms with Crippen molar-refractivity contribution in [1.29, 1.82) is 0 Å². The highest BCUT2D eigenvalue weighted by atomic mass is 32.3. The van der Waals surface area contributed by atoms with Crippen LogP contribution in [0.15, 0.2) is 72.9 Å². The third kappa shape index (κ3) is 38.0. The van der Waals surface area contributed by atoms with Gasteiger partial charge in [0.05, 0.1) is 19.8 Å². The van der Waals surface area contributed by atoms with Gasteiger partial charge in [0.1, 0.15) is 30.5 Å². The minimum Gasteiger partial charge on any atom is -0.457 e. The number of aliphatic hydroxyl groups excluding tert-OH is 3. The lowest BCUT2D eigenvalue weighted by Crippen LogP contribution is -2.60. The number of unbranched alkanes of at least 4 members (excludes halogenated alkanes) is 20. The molecule has 0 amide bonds. The van der Waals surface area contributed by atoms with Gasteiger partial charge < -0.3 is 34.3 Å². The number of hydrogen-bond acceptors (Lipinski definition) is 11. The standard InChI is InChI=1S/C54H94O12S/c1-3-5-7-9-11-13-15-17-19-21-22-23-24-25-26-27-28-30-32-34-36-38-40-42-44-62-46-48(47-63-54-52(58)53(66-67(59,60)61)51(57)49(45-55)65-54)64-50(56)43-41-39-37-35-33-31-29-20-18-16-14-12-10-8-6-4-2/h5,7,11,13-14,16-17,19-20,22-23,29,48-49,51-55,57-58H,3-4,6,8-10,12,15,18,21,24-28,30-47H2,1-2H3,(H,59,60,61)/b7-5-,13-11-,16-14-,19-17-,23-22-,29-20-. The van der Waals surface area contributed by atoms with Crippen LogP contribution in [0.25, 0.3) is 0 Å². The van der Waals surface area contributed by atoms with E-state index in [2.05, 4.69) is 90.9 Å². The molecule has 0 aromatic carbocycles. The van der Waals surface area contributed by atoms with Crippen LogP contribution in [-0.2, 0) is 38.3 Å². The first kappa shape index (κ1) is 62.6. The second-order valence-electron chi connectivity index (χ2n) is 17.7. The van der Waals surface area contributed by atoms with E-state index in [1.54, 1.807) is 0 Å². The van der Waals surface area contributed by atoms with Gasteiger partial charge in [-0.3, -0.25) is 9.35 Å². The summed E-state index contributed by atoms with van der Waals surface area (Å²) in [5, 5.41) is 30.8. The Labute approximate surface area is 407 Å². The Hall–Kier alpha value is -2.46. The molecule has 0 aromatic rings. The van der Waals surface area contributed by atoms with Gasteiger partial charge in [0.15, 0.2) is 6.29 Å². The number of rotatable bonds is 45. The van der Waals surface area contributed by atoms with Gasteiger partial charge in [-0.2, -0.15) is 8.42 Å². The first-order valence-electron chi connectivity index (χ1n) is 26.2. The van der Waals surface area contributed by atoms with Crippen LogP contribution < -0.4 is 0 Å². The van der Waals surface area contributed by atoms with Crippen molar-refractivity contribution >= 4 is 16.4 Å². The molecule has 1 aliphatic heterocycles. The quantitative estimate of drug-likeness (QED) is 0.0197. The highest BCUT2D eigenvalue weighted by Gasteiger charge is 2.48. The molecular weight excluding hydrogens is 873 g/mol. The maximum Gasteiger partial charge on any atom is 0.397 e. The number of hydrogen-bond donors (Lipinski definition) is 4. The monoisotopic (exact) mass is 967 g/mol. The molecule has 0 saturated carbocycles. The van der Waals surface area contributed by atoms with E-state index < -0.39 is 59.8 Å².